The van der Waals surface area contributed by atoms with Gasteiger partial charge in [0.05, 0.1) is 0 Å². The summed E-state index contributed by atoms with van der Waals surface area (Å²) in [5.41, 5.74) is 0. The molecule has 0 saturated heterocycles. The van der Waals surface area contributed by atoms with E-state index < -0.39 is 6.16 Å². The molecule has 4 nitrogen and oxygen atoms in total. The first-order valence-corrected chi connectivity index (χ1v) is 0.612. The fourth-order valence-corrected chi connectivity index (χ4v) is 0. The van der Waals surface area contributed by atoms with Crippen LogP contribution in [0, 0.1) is 0 Å². The fourth-order valence-electron chi connectivity index (χ4n) is 0. The molecule has 0 heterocycles. The molecule has 0 aromatic rings. The molecule has 0 aromatic carbocycles. The molecule has 0 aliphatic rings. The monoisotopic (exact) mass is 184 g/mol. The van der Waals surface area contributed by atoms with Gasteiger partial charge in [-0.2, -0.15) is 0 Å². The van der Waals surface area contributed by atoms with Crippen molar-refractivity contribution in [2.75, 3.05) is 0 Å². The van der Waals surface area contributed by atoms with Crippen LogP contribution in [0.2, 0.25) is 0 Å². The average molecular weight is 184 g/mol. The van der Waals surface area contributed by atoms with E-state index in [1.165, 1.54) is 0 Å². The topological polar surface area (TPSA) is 99.7 Å². The van der Waals surface area contributed by atoms with E-state index >= 15 is 0 Å². The number of hydrogen-bond acceptors (Lipinski definition) is 3. The zero-order valence-corrected chi connectivity index (χ0v) is 4.60. The fraction of sp³-hybridized carbons (Fsp3) is 0. The van der Waals surface area contributed by atoms with Crippen molar-refractivity contribution in [2.45, 2.75) is 0 Å². The minimum Gasteiger partial charge on any atom is -0.652 e. The van der Waals surface area contributed by atoms with Crippen LogP contribution in [0.15, 0.2) is 0 Å². The molecule has 0 rings (SSSR count). The molecule has 0 bridgehead atoms. The van der Waals surface area contributed by atoms with Crippen LogP contribution in [-0.4, -0.2) is 6.16 Å². The molecule has 0 atom stereocenters. The Hall–Kier alpha value is -0.108. The Labute approximate surface area is 48.4 Å². The average Bonchev–Trinajstić information content (AvgIpc) is 0.811. The van der Waals surface area contributed by atoms with Crippen LogP contribution < -0.4 is 16.4 Å². The SMILES string of the molecule is O=C([O-])[O-].[NH4+].[Pd]. The van der Waals surface area contributed by atoms with Crippen molar-refractivity contribution in [1.29, 1.82) is 0 Å². The van der Waals surface area contributed by atoms with Gasteiger partial charge in [0.15, 0.2) is 0 Å². The summed E-state index contributed by atoms with van der Waals surface area (Å²) in [6, 6.07) is 0. The summed E-state index contributed by atoms with van der Waals surface area (Å²) >= 11 is 0. The van der Waals surface area contributed by atoms with E-state index in [-0.39, 0.29) is 26.6 Å². The van der Waals surface area contributed by atoms with Crippen molar-refractivity contribution < 1.29 is 35.4 Å². The quantitative estimate of drug-likeness (QED) is 0.438. The molecule has 4 N–H and O–H groups in total. The van der Waals surface area contributed by atoms with E-state index in [2.05, 4.69) is 0 Å². The van der Waals surface area contributed by atoms with E-state index in [9.17, 15) is 0 Å². The summed E-state index contributed by atoms with van der Waals surface area (Å²) in [4.78, 5) is 8.33. The van der Waals surface area contributed by atoms with Gasteiger partial charge >= 0.3 is 0 Å². The van der Waals surface area contributed by atoms with E-state index in [0.717, 1.165) is 0 Å². The van der Waals surface area contributed by atoms with Crippen molar-refractivity contribution in [3.05, 3.63) is 0 Å². The number of carboxylic acid groups (broad SMARTS) is 2. The van der Waals surface area contributed by atoms with Gasteiger partial charge in [0, 0.05) is 20.4 Å². The van der Waals surface area contributed by atoms with Gasteiger partial charge in [0.2, 0.25) is 0 Å². The Morgan fingerprint density at radius 3 is 1.33 bits per heavy atom. The van der Waals surface area contributed by atoms with E-state index in [1.54, 1.807) is 0 Å². The Morgan fingerprint density at radius 2 is 1.33 bits per heavy atom. The van der Waals surface area contributed by atoms with Crippen LogP contribution in [0.5, 0.6) is 0 Å². The smallest absolute Gasteiger partial charge is 0 e. The molecule has 0 aliphatic heterocycles. The molecule has 0 saturated carbocycles. The Morgan fingerprint density at radius 1 is 1.33 bits per heavy atom. The number of carbonyl (C=O) groups is 1. The predicted octanol–water partition coefficient (Wildman–Crippen LogP) is -2.07. The summed E-state index contributed by atoms with van der Waals surface area (Å²) in [5, 5.41) is 16.7. The Bertz CT molecular complexity index is 33.8. The molecule has 0 radical (unpaired) electrons. The van der Waals surface area contributed by atoms with Crippen LogP contribution >= 0.6 is 0 Å². The molecule has 0 aromatic heterocycles. The molecular weight excluding hydrogens is 180 g/mol. The molecule has 0 amide bonds. The standard InChI is InChI=1S/CH2O3.H3N.Pd/c2-1(3)4;;/h(H2,2,3,4);1H3;/p-1. The summed E-state index contributed by atoms with van der Waals surface area (Å²) in [7, 11) is 0. The normalized spacial score (nSPS) is 4.00. The Kier molecular flexibility index (Phi) is 24.9. The second-order valence-corrected chi connectivity index (χ2v) is 0.250. The van der Waals surface area contributed by atoms with Crippen molar-refractivity contribution in [1.82, 2.24) is 6.15 Å². The number of rotatable bonds is 0. The minimum atomic E-state index is -2.33. The van der Waals surface area contributed by atoms with Crippen molar-refractivity contribution in [3.8, 4) is 0 Å². The molecule has 0 unspecified atom stereocenters. The van der Waals surface area contributed by atoms with Gasteiger partial charge in [-0.15, -0.1) is 0 Å². The molecule has 0 aliphatic carbocycles. The van der Waals surface area contributed by atoms with Gasteiger partial charge in [-0.3, -0.25) is 0 Å². The Balaban J connectivity index is -0.0000000450. The summed E-state index contributed by atoms with van der Waals surface area (Å²) in [6.07, 6.45) is -2.33. The van der Waals surface area contributed by atoms with Gasteiger partial charge < -0.3 is 21.2 Å². The van der Waals surface area contributed by atoms with Crippen molar-refractivity contribution in [3.63, 3.8) is 0 Å². The van der Waals surface area contributed by atoms with Crippen LogP contribution in [0.3, 0.4) is 0 Å². The van der Waals surface area contributed by atoms with E-state index in [4.69, 9.17) is 15.0 Å². The number of hydrogen-bond donors (Lipinski definition) is 1. The van der Waals surface area contributed by atoms with Gasteiger partial charge in [-0.1, -0.05) is 0 Å². The van der Waals surface area contributed by atoms with Crippen LogP contribution in [0.1, 0.15) is 0 Å². The molecule has 42 valence electrons. The van der Waals surface area contributed by atoms with Crippen molar-refractivity contribution >= 4 is 6.16 Å². The summed E-state index contributed by atoms with van der Waals surface area (Å²) in [6.45, 7) is 0. The second kappa shape index (κ2) is 8.86. The third-order valence-electron chi connectivity index (χ3n) is 0. The maximum atomic E-state index is 8.33. The number of quaternary nitrogens is 1. The molecular formula is CH4NO3Pd-. The maximum absolute atomic E-state index is 8.33. The second-order valence-electron chi connectivity index (χ2n) is 0.250. The van der Waals surface area contributed by atoms with E-state index in [0.29, 0.717) is 0 Å². The van der Waals surface area contributed by atoms with Gasteiger partial charge in [0.1, 0.15) is 0 Å². The predicted molar refractivity (Wildman–Crippen MR) is 11.4 cm³/mol. The van der Waals surface area contributed by atoms with Gasteiger partial charge in [0.25, 0.3) is 0 Å². The summed E-state index contributed by atoms with van der Waals surface area (Å²) < 4.78 is 0. The van der Waals surface area contributed by atoms with Crippen LogP contribution in [0.4, 0.5) is 4.79 Å². The first-order chi connectivity index (χ1) is 1.73. The van der Waals surface area contributed by atoms with Crippen molar-refractivity contribution in [2.24, 2.45) is 0 Å². The first-order valence-electron chi connectivity index (χ1n) is 0.612. The zero-order valence-electron chi connectivity index (χ0n) is 3.04. The molecule has 6 heavy (non-hydrogen) atoms. The van der Waals surface area contributed by atoms with Gasteiger partial charge in [-0.05, 0) is 6.16 Å². The largest absolute Gasteiger partial charge is 0.652 e. The third-order valence-corrected chi connectivity index (χ3v) is 0. The molecule has 0 spiro atoms. The third kappa shape index (κ3) is 2810. The van der Waals surface area contributed by atoms with Crippen LogP contribution in [0.25, 0.3) is 0 Å². The summed E-state index contributed by atoms with van der Waals surface area (Å²) in [5.74, 6) is 0. The van der Waals surface area contributed by atoms with Crippen LogP contribution in [-0.2, 0) is 20.4 Å². The molecule has 0 fully saturated rings. The maximum Gasteiger partial charge on any atom is 0 e. The minimum absolute atomic E-state index is 0. The molecule has 5 heteroatoms. The van der Waals surface area contributed by atoms with Gasteiger partial charge in [-0.25, -0.2) is 0 Å². The first kappa shape index (κ1) is 16.9. The number of carbonyl (C=O) groups excluding carboxylic acids is 1. The zero-order chi connectivity index (χ0) is 3.58. The van der Waals surface area contributed by atoms with E-state index in [1.807, 2.05) is 0 Å².